The zero-order valence-electron chi connectivity index (χ0n) is 27.1. The van der Waals surface area contributed by atoms with Crippen molar-refractivity contribution in [2.24, 2.45) is 0 Å². The molecule has 1 unspecified atom stereocenters. The SMILES string of the molecule is CC1Cc2oc3ccc(-c4cccc(C#N)c4-n4c5ccccc5c5ccccc54)cc3c2-c2c1oc1ccc(-c3cccc(C#N)c3)cc21. The standard InChI is InChI=1S/C45H27N3O2/c1-26-20-41-42(43-36-22-29(16-18-40(36)50-45(26)43)28-9-6-8-27(21-28)24-46)35-23-30(17-19-39(35)49-41)32-13-7-10-31(25-47)44(32)48-37-14-4-2-11-33(37)34-12-3-5-15-38(34)48/h2-19,21-23,26H,20H2,1H3. The number of furan rings is 2. The molecule has 0 saturated carbocycles. The third-order valence-corrected chi connectivity index (χ3v) is 10.3. The molecule has 6 aromatic carbocycles. The van der Waals surface area contributed by atoms with E-state index < -0.39 is 0 Å². The van der Waals surface area contributed by atoms with Crippen molar-refractivity contribution in [1.29, 1.82) is 10.5 Å². The fraction of sp³-hybridized carbons (Fsp3) is 0.0667. The van der Waals surface area contributed by atoms with Gasteiger partial charge in [-0.15, -0.1) is 0 Å². The fourth-order valence-corrected chi connectivity index (χ4v) is 8.04. The summed E-state index contributed by atoms with van der Waals surface area (Å²) in [5.41, 5.74) is 11.9. The molecule has 1 atom stereocenters. The minimum Gasteiger partial charge on any atom is -0.460 e. The maximum Gasteiger partial charge on any atom is 0.134 e. The summed E-state index contributed by atoms with van der Waals surface area (Å²) in [6.45, 7) is 2.19. The van der Waals surface area contributed by atoms with Crippen LogP contribution in [0.3, 0.4) is 0 Å². The number of aromatic nitrogens is 1. The van der Waals surface area contributed by atoms with Gasteiger partial charge in [0.15, 0.2) is 0 Å². The van der Waals surface area contributed by atoms with Crippen LogP contribution in [0, 0.1) is 22.7 Å². The monoisotopic (exact) mass is 641 g/mol. The second kappa shape index (κ2) is 10.6. The Balaban J connectivity index is 1.22. The van der Waals surface area contributed by atoms with Crippen LogP contribution < -0.4 is 0 Å². The van der Waals surface area contributed by atoms with E-state index in [4.69, 9.17) is 8.83 Å². The van der Waals surface area contributed by atoms with Crippen molar-refractivity contribution in [2.75, 3.05) is 0 Å². The Kier molecular flexibility index (Phi) is 5.98. The highest BCUT2D eigenvalue weighted by atomic mass is 16.3. The first kappa shape index (κ1) is 28.2. The lowest BCUT2D eigenvalue weighted by atomic mass is 9.85. The number of benzene rings is 6. The molecule has 10 rings (SSSR count). The average molecular weight is 642 g/mol. The fourth-order valence-electron chi connectivity index (χ4n) is 8.04. The van der Waals surface area contributed by atoms with Crippen LogP contribution in [0.15, 0.2) is 136 Å². The summed E-state index contributed by atoms with van der Waals surface area (Å²) in [6, 6.07) is 47.8. The van der Waals surface area contributed by atoms with Crippen molar-refractivity contribution in [3.63, 3.8) is 0 Å². The van der Waals surface area contributed by atoms with Crippen molar-refractivity contribution in [1.82, 2.24) is 4.57 Å². The van der Waals surface area contributed by atoms with Gasteiger partial charge in [0.2, 0.25) is 0 Å². The predicted molar refractivity (Wildman–Crippen MR) is 198 cm³/mol. The van der Waals surface area contributed by atoms with Crippen LogP contribution >= 0.6 is 0 Å². The summed E-state index contributed by atoms with van der Waals surface area (Å²) in [6.07, 6.45) is 0.736. The molecule has 5 nitrogen and oxygen atoms in total. The Morgan fingerprint density at radius 3 is 2.02 bits per heavy atom. The van der Waals surface area contributed by atoms with Crippen molar-refractivity contribution >= 4 is 43.7 Å². The maximum absolute atomic E-state index is 10.5. The van der Waals surface area contributed by atoms with Crippen LogP contribution in [0.4, 0.5) is 0 Å². The highest BCUT2D eigenvalue weighted by molar-refractivity contribution is 6.11. The second-order valence-electron chi connectivity index (χ2n) is 13.1. The van der Waals surface area contributed by atoms with Crippen molar-refractivity contribution < 1.29 is 8.83 Å². The maximum atomic E-state index is 10.5. The van der Waals surface area contributed by atoms with Crippen LogP contribution in [0.1, 0.15) is 35.5 Å². The molecule has 0 amide bonds. The lowest BCUT2D eigenvalue weighted by molar-refractivity contribution is 0.463. The van der Waals surface area contributed by atoms with E-state index in [1.54, 1.807) is 0 Å². The zero-order chi connectivity index (χ0) is 33.5. The minimum atomic E-state index is 0.143. The lowest BCUT2D eigenvalue weighted by Gasteiger charge is -2.17. The Bertz CT molecular complexity index is 2910. The smallest absolute Gasteiger partial charge is 0.134 e. The summed E-state index contributed by atoms with van der Waals surface area (Å²) >= 11 is 0. The molecule has 0 radical (unpaired) electrons. The van der Waals surface area contributed by atoms with Gasteiger partial charge in [0, 0.05) is 50.6 Å². The van der Waals surface area contributed by atoms with E-state index in [-0.39, 0.29) is 5.92 Å². The molecule has 3 heterocycles. The number of nitrogens with zero attached hydrogens (tertiary/aromatic N) is 3. The lowest BCUT2D eigenvalue weighted by Crippen LogP contribution is -2.04. The van der Waals surface area contributed by atoms with Crippen molar-refractivity contribution in [2.45, 2.75) is 19.3 Å². The van der Waals surface area contributed by atoms with Crippen LogP contribution in [0.5, 0.6) is 0 Å². The molecule has 0 N–H and O–H groups in total. The van der Waals surface area contributed by atoms with Gasteiger partial charge >= 0.3 is 0 Å². The van der Waals surface area contributed by atoms with Gasteiger partial charge in [0.05, 0.1) is 33.9 Å². The molecule has 3 aromatic heterocycles. The summed E-state index contributed by atoms with van der Waals surface area (Å²) in [5.74, 6) is 2.05. The third-order valence-electron chi connectivity index (χ3n) is 10.3. The average Bonchev–Trinajstić information content (AvgIpc) is 3.83. The van der Waals surface area contributed by atoms with E-state index in [0.717, 1.165) is 101 Å². The quantitative estimate of drug-likeness (QED) is 0.192. The summed E-state index contributed by atoms with van der Waals surface area (Å²) < 4.78 is 15.4. The molecule has 0 fully saturated rings. The number of rotatable bonds is 3. The molecule has 1 aliphatic carbocycles. The molecule has 0 spiro atoms. The van der Waals surface area contributed by atoms with Crippen molar-refractivity contribution in [3.05, 3.63) is 150 Å². The largest absolute Gasteiger partial charge is 0.460 e. The highest BCUT2D eigenvalue weighted by Crippen LogP contribution is 2.51. The highest BCUT2D eigenvalue weighted by Gasteiger charge is 2.33. The van der Waals surface area contributed by atoms with Crippen LogP contribution in [0.2, 0.25) is 0 Å². The van der Waals surface area contributed by atoms with Gasteiger partial charge in [0.25, 0.3) is 0 Å². The molecule has 5 heteroatoms. The van der Waals surface area contributed by atoms with Crippen LogP contribution in [-0.2, 0) is 6.42 Å². The minimum absolute atomic E-state index is 0.143. The first-order valence-corrected chi connectivity index (χ1v) is 16.8. The molecular weight excluding hydrogens is 615 g/mol. The summed E-state index contributed by atoms with van der Waals surface area (Å²) in [5, 5.41) is 24.3. The number of hydrogen-bond acceptors (Lipinski definition) is 4. The van der Waals surface area contributed by atoms with E-state index in [9.17, 15) is 10.5 Å². The van der Waals surface area contributed by atoms with Gasteiger partial charge in [0.1, 0.15) is 28.8 Å². The first-order chi connectivity index (χ1) is 24.6. The molecular formula is C45H27N3O2. The van der Waals surface area contributed by atoms with E-state index in [2.05, 4.69) is 109 Å². The van der Waals surface area contributed by atoms with Gasteiger partial charge < -0.3 is 13.4 Å². The van der Waals surface area contributed by atoms with E-state index in [0.29, 0.717) is 11.1 Å². The van der Waals surface area contributed by atoms with Gasteiger partial charge in [-0.1, -0.05) is 79.7 Å². The Labute approximate surface area is 287 Å². The zero-order valence-corrected chi connectivity index (χ0v) is 27.1. The van der Waals surface area contributed by atoms with Crippen LogP contribution in [0.25, 0.3) is 82.8 Å². The van der Waals surface area contributed by atoms with Crippen molar-refractivity contribution in [3.8, 4) is 51.2 Å². The third kappa shape index (κ3) is 3.98. The summed E-state index contributed by atoms with van der Waals surface area (Å²) in [7, 11) is 0. The molecule has 9 aromatic rings. The molecule has 0 saturated heterocycles. The van der Waals surface area contributed by atoms with E-state index >= 15 is 0 Å². The number of hydrogen-bond donors (Lipinski definition) is 0. The molecule has 1 aliphatic rings. The van der Waals surface area contributed by atoms with Gasteiger partial charge in [-0.25, -0.2) is 0 Å². The summed E-state index contributed by atoms with van der Waals surface area (Å²) in [4.78, 5) is 0. The molecule has 0 aliphatic heterocycles. The van der Waals surface area contributed by atoms with Gasteiger partial charge in [-0.3, -0.25) is 0 Å². The normalized spacial score (nSPS) is 13.8. The second-order valence-corrected chi connectivity index (χ2v) is 13.1. The Morgan fingerprint density at radius 1 is 0.600 bits per heavy atom. The first-order valence-electron chi connectivity index (χ1n) is 16.8. The topological polar surface area (TPSA) is 78.8 Å². The number of para-hydroxylation sites is 3. The van der Waals surface area contributed by atoms with Gasteiger partial charge in [-0.2, -0.15) is 10.5 Å². The van der Waals surface area contributed by atoms with Gasteiger partial charge in [-0.05, 0) is 71.3 Å². The Morgan fingerprint density at radius 2 is 1.26 bits per heavy atom. The number of nitriles is 2. The van der Waals surface area contributed by atoms with E-state index in [1.807, 2.05) is 42.5 Å². The predicted octanol–water partition coefficient (Wildman–Crippen LogP) is 11.7. The molecule has 0 bridgehead atoms. The molecule has 50 heavy (non-hydrogen) atoms. The Hall–Kier alpha value is -6.82. The van der Waals surface area contributed by atoms with E-state index in [1.165, 1.54) is 0 Å². The molecule has 234 valence electrons. The van der Waals surface area contributed by atoms with Crippen LogP contribution in [-0.4, -0.2) is 4.57 Å². The number of fused-ring (bicyclic) bond motifs is 10.